The normalized spacial score (nSPS) is 18.7. The fraction of sp³-hybridized carbons (Fsp3) is 0.500. The molecule has 0 N–H and O–H groups in total. The molecule has 5 nitrogen and oxygen atoms in total. The van der Waals surface area contributed by atoms with Gasteiger partial charge in [0.05, 0.1) is 5.92 Å². The first-order valence-corrected chi connectivity index (χ1v) is 7.97. The molecular formula is C18H23N3O2. The summed E-state index contributed by atoms with van der Waals surface area (Å²) in [7, 11) is 0. The van der Waals surface area contributed by atoms with Gasteiger partial charge in [-0.2, -0.15) is 4.98 Å². The van der Waals surface area contributed by atoms with Gasteiger partial charge in [-0.3, -0.25) is 4.79 Å². The fourth-order valence-electron chi connectivity index (χ4n) is 2.72. The van der Waals surface area contributed by atoms with Gasteiger partial charge in [0.25, 0.3) is 0 Å². The minimum Gasteiger partial charge on any atom is -0.339 e. The predicted octanol–water partition coefficient (Wildman–Crippen LogP) is 3.50. The second-order valence-electron chi connectivity index (χ2n) is 7.38. The van der Waals surface area contributed by atoms with Crippen molar-refractivity contribution in [2.75, 3.05) is 11.4 Å². The Labute approximate surface area is 136 Å². The number of hydrogen-bond donors (Lipinski definition) is 0. The van der Waals surface area contributed by atoms with Crippen LogP contribution in [-0.4, -0.2) is 22.6 Å². The highest BCUT2D eigenvalue weighted by molar-refractivity contribution is 5.96. The maximum Gasteiger partial charge on any atom is 0.232 e. The molecule has 1 aliphatic heterocycles. The summed E-state index contributed by atoms with van der Waals surface area (Å²) >= 11 is 0. The van der Waals surface area contributed by atoms with Crippen LogP contribution in [0.4, 0.5) is 5.69 Å². The van der Waals surface area contributed by atoms with Crippen molar-refractivity contribution < 1.29 is 9.32 Å². The lowest BCUT2D eigenvalue weighted by molar-refractivity contribution is -0.117. The molecule has 1 aromatic heterocycles. The summed E-state index contributed by atoms with van der Waals surface area (Å²) in [5, 5.41) is 4.06. The Balaban J connectivity index is 1.82. The summed E-state index contributed by atoms with van der Waals surface area (Å²) in [6.45, 7) is 10.9. The molecule has 0 radical (unpaired) electrons. The second kappa shape index (κ2) is 5.48. The summed E-state index contributed by atoms with van der Waals surface area (Å²) < 4.78 is 5.41. The topological polar surface area (TPSA) is 59.2 Å². The van der Waals surface area contributed by atoms with E-state index in [1.165, 1.54) is 11.1 Å². The molecule has 2 heterocycles. The molecule has 1 atom stereocenters. The number of benzene rings is 1. The molecule has 1 unspecified atom stereocenters. The summed E-state index contributed by atoms with van der Waals surface area (Å²) in [6, 6.07) is 6.11. The molecule has 0 aliphatic carbocycles. The second-order valence-corrected chi connectivity index (χ2v) is 7.38. The average Bonchev–Trinajstić information content (AvgIpc) is 3.08. The number of aromatic nitrogens is 2. The summed E-state index contributed by atoms with van der Waals surface area (Å²) in [5.74, 6) is 1.32. The van der Waals surface area contributed by atoms with Crippen molar-refractivity contribution in [2.24, 2.45) is 0 Å². The number of hydrogen-bond acceptors (Lipinski definition) is 4. The first-order valence-electron chi connectivity index (χ1n) is 7.97. The molecule has 1 aliphatic rings. The molecule has 1 saturated heterocycles. The van der Waals surface area contributed by atoms with Gasteiger partial charge < -0.3 is 9.42 Å². The van der Waals surface area contributed by atoms with Crippen LogP contribution < -0.4 is 4.90 Å². The van der Waals surface area contributed by atoms with Crippen molar-refractivity contribution in [3.8, 4) is 0 Å². The van der Waals surface area contributed by atoms with Gasteiger partial charge in [0.15, 0.2) is 5.82 Å². The highest BCUT2D eigenvalue weighted by Crippen LogP contribution is 2.32. The van der Waals surface area contributed by atoms with E-state index in [1.807, 2.05) is 31.7 Å². The van der Waals surface area contributed by atoms with Crippen LogP contribution in [0.3, 0.4) is 0 Å². The highest BCUT2D eigenvalue weighted by atomic mass is 16.5. The van der Waals surface area contributed by atoms with Crippen LogP contribution in [-0.2, 0) is 10.2 Å². The fourth-order valence-corrected chi connectivity index (χ4v) is 2.72. The smallest absolute Gasteiger partial charge is 0.232 e. The van der Waals surface area contributed by atoms with Crippen LogP contribution >= 0.6 is 0 Å². The van der Waals surface area contributed by atoms with E-state index in [1.54, 1.807) is 0 Å². The number of nitrogens with zero attached hydrogens (tertiary/aromatic N) is 3. The largest absolute Gasteiger partial charge is 0.339 e. The van der Waals surface area contributed by atoms with E-state index in [2.05, 4.69) is 36.1 Å². The van der Waals surface area contributed by atoms with Gasteiger partial charge in [-0.1, -0.05) is 32.0 Å². The maximum atomic E-state index is 12.4. The number of amides is 1. The minimum absolute atomic E-state index is 0.0345. The van der Waals surface area contributed by atoms with Crippen LogP contribution in [0.2, 0.25) is 0 Å². The van der Waals surface area contributed by atoms with Gasteiger partial charge >= 0.3 is 0 Å². The van der Waals surface area contributed by atoms with E-state index in [0.29, 0.717) is 24.7 Å². The van der Waals surface area contributed by atoms with Crippen LogP contribution in [0.1, 0.15) is 56.0 Å². The molecule has 23 heavy (non-hydrogen) atoms. The number of carbonyl (C=O) groups excluding carboxylic acids is 1. The Hall–Kier alpha value is -2.17. The van der Waals surface area contributed by atoms with Gasteiger partial charge in [0.1, 0.15) is 0 Å². The molecule has 1 fully saturated rings. The van der Waals surface area contributed by atoms with Crippen molar-refractivity contribution in [3.63, 3.8) is 0 Å². The molecule has 1 aromatic carbocycles. The van der Waals surface area contributed by atoms with E-state index >= 15 is 0 Å². The van der Waals surface area contributed by atoms with Gasteiger partial charge in [-0.15, -0.1) is 0 Å². The number of carbonyl (C=O) groups is 1. The maximum absolute atomic E-state index is 12.4. The van der Waals surface area contributed by atoms with Crippen LogP contribution in [0, 0.1) is 13.8 Å². The zero-order chi connectivity index (χ0) is 16.8. The lowest BCUT2D eigenvalue weighted by Crippen LogP contribution is -2.24. The van der Waals surface area contributed by atoms with Crippen molar-refractivity contribution in [3.05, 3.63) is 41.0 Å². The van der Waals surface area contributed by atoms with E-state index in [4.69, 9.17) is 4.52 Å². The summed E-state index contributed by atoms with van der Waals surface area (Å²) in [6.07, 6.45) is 0.415. The molecule has 3 rings (SSSR count). The predicted molar refractivity (Wildman–Crippen MR) is 88.6 cm³/mol. The van der Waals surface area contributed by atoms with E-state index in [0.717, 1.165) is 5.69 Å². The number of anilines is 1. The Bertz CT molecular complexity index is 743. The molecular weight excluding hydrogens is 290 g/mol. The molecule has 1 amide bonds. The SMILES string of the molecule is Cc1ccc(N2CC(c3nc(C(C)(C)C)no3)CC2=O)cc1C. The molecule has 0 bridgehead atoms. The zero-order valence-electron chi connectivity index (χ0n) is 14.4. The van der Waals surface area contributed by atoms with Crippen molar-refractivity contribution in [1.29, 1.82) is 0 Å². The van der Waals surface area contributed by atoms with E-state index in [9.17, 15) is 4.79 Å². The van der Waals surface area contributed by atoms with E-state index < -0.39 is 0 Å². The minimum atomic E-state index is -0.155. The van der Waals surface area contributed by atoms with Gasteiger partial charge in [0, 0.05) is 24.1 Å². The monoisotopic (exact) mass is 313 g/mol. The molecule has 5 heteroatoms. The van der Waals surface area contributed by atoms with Crippen molar-refractivity contribution in [2.45, 2.75) is 52.4 Å². The lowest BCUT2D eigenvalue weighted by Gasteiger charge is -2.17. The van der Waals surface area contributed by atoms with Gasteiger partial charge in [0.2, 0.25) is 11.8 Å². The summed E-state index contributed by atoms with van der Waals surface area (Å²) in [4.78, 5) is 18.7. The van der Waals surface area contributed by atoms with Crippen LogP contribution in [0.15, 0.2) is 22.7 Å². The van der Waals surface area contributed by atoms with E-state index in [-0.39, 0.29) is 17.2 Å². The Morgan fingerprint density at radius 2 is 1.96 bits per heavy atom. The third-order valence-electron chi connectivity index (χ3n) is 4.39. The first kappa shape index (κ1) is 15.7. The molecule has 0 saturated carbocycles. The third kappa shape index (κ3) is 3.00. The van der Waals surface area contributed by atoms with Crippen LogP contribution in [0.25, 0.3) is 0 Å². The zero-order valence-corrected chi connectivity index (χ0v) is 14.4. The molecule has 122 valence electrons. The Morgan fingerprint density at radius 3 is 2.57 bits per heavy atom. The Kier molecular flexibility index (Phi) is 3.74. The lowest BCUT2D eigenvalue weighted by atomic mass is 9.96. The first-order chi connectivity index (χ1) is 10.8. The standard InChI is InChI=1S/C18H23N3O2/c1-11-6-7-14(8-12(11)2)21-10-13(9-15(21)22)16-19-17(20-23-16)18(3,4)5/h6-8,13H,9-10H2,1-5H3. The Morgan fingerprint density at radius 1 is 1.22 bits per heavy atom. The highest BCUT2D eigenvalue weighted by Gasteiger charge is 2.36. The quantitative estimate of drug-likeness (QED) is 0.851. The number of aryl methyl sites for hydroxylation is 2. The summed E-state index contributed by atoms with van der Waals surface area (Å²) in [5.41, 5.74) is 3.20. The van der Waals surface area contributed by atoms with Crippen LogP contribution in [0.5, 0.6) is 0 Å². The third-order valence-corrected chi connectivity index (χ3v) is 4.39. The van der Waals surface area contributed by atoms with Gasteiger partial charge in [-0.05, 0) is 37.1 Å². The molecule has 2 aromatic rings. The number of rotatable bonds is 2. The van der Waals surface area contributed by atoms with Gasteiger partial charge in [-0.25, -0.2) is 0 Å². The van der Waals surface area contributed by atoms with Crippen molar-refractivity contribution >= 4 is 11.6 Å². The van der Waals surface area contributed by atoms with Crippen molar-refractivity contribution in [1.82, 2.24) is 10.1 Å². The average molecular weight is 313 g/mol. The molecule has 0 spiro atoms.